The van der Waals surface area contributed by atoms with Crippen LogP contribution in [0.4, 0.5) is 4.39 Å². The summed E-state index contributed by atoms with van der Waals surface area (Å²) in [6.07, 6.45) is 7.28. The highest BCUT2D eigenvalue weighted by Crippen LogP contribution is 2.35. The lowest BCUT2D eigenvalue weighted by Crippen LogP contribution is -2.11. The number of H-pyrrole nitrogens is 2. The van der Waals surface area contributed by atoms with Gasteiger partial charge in [0, 0.05) is 44.9 Å². The Bertz CT molecular complexity index is 2060. The number of benzene rings is 3. The lowest BCUT2D eigenvalue weighted by atomic mass is 10.0. The van der Waals surface area contributed by atoms with E-state index in [1.807, 2.05) is 91.7 Å². The van der Waals surface area contributed by atoms with Gasteiger partial charge >= 0.3 is 0 Å². The molecule has 3 heterocycles. The SMILES string of the molecule is C=C/C(=C\C(=C/C)c1cnc2[nH]nc(-c3cc4c(-c5ccccc5F)cccc4[nH]3)c2c1)NC(=C=O)c1ccccc1. The van der Waals surface area contributed by atoms with E-state index in [2.05, 4.69) is 32.1 Å². The van der Waals surface area contributed by atoms with E-state index < -0.39 is 0 Å². The third-order valence-corrected chi connectivity index (χ3v) is 7.11. The molecule has 0 aliphatic rings. The van der Waals surface area contributed by atoms with Crippen molar-refractivity contribution < 1.29 is 9.18 Å². The Morgan fingerprint density at radius 1 is 0.952 bits per heavy atom. The van der Waals surface area contributed by atoms with Crippen LogP contribution in [0.3, 0.4) is 0 Å². The predicted molar refractivity (Wildman–Crippen MR) is 167 cm³/mol. The van der Waals surface area contributed by atoms with Crippen LogP contribution in [0.1, 0.15) is 18.1 Å². The molecule has 0 fully saturated rings. The summed E-state index contributed by atoms with van der Waals surface area (Å²) in [5.41, 5.74) is 7.75. The first kappa shape index (κ1) is 26.4. The monoisotopic (exact) mass is 551 g/mol. The molecule has 6 nitrogen and oxygen atoms in total. The maximum Gasteiger partial charge on any atom is 0.155 e. The first-order valence-electron chi connectivity index (χ1n) is 13.4. The van der Waals surface area contributed by atoms with Gasteiger partial charge in [-0.05, 0) is 54.5 Å². The number of nitrogens with zero attached hydrogens (tertiary/aromatic N) is 2. The van der Waals surface area contributed by atoms with Crippen molar-refractivity contribution in [2.24, 2.45) is 0 Å². The number of fused-ring (bicyclic) bond motifs is 2. The molecule has 6 rings (SSSR count). The van der Waals surface area contributed by atoms with Gasteiger partial charge in [-0.1, -0.05) is 73.3 Å². The van der Waals surface area contributed by atoms with Crippen molar-refractivity contribution in [1.29, 1.82) is 0 Å². The highest BCUT2D eigenvalue weighted by atomic mass is 19.1. The summed E-state index contributed by atoms with van der Waals surface area (Å²) in [7, 11) is 0. The van der Waals surface area contributed by atoms with E-state index in [-0.39, 0.29) is 5.82 Å². The Morgan fingerprint density at radius 2 is 1.74 bits per heavy atom. The molecular formula is C35H26FN5O. The predicted octanol–water partition coefficient (Wildman–Crippen LogP) is 7.85. The van der Waals surface area contributed by atoms with Crippen LogP contribution >= 0.6 is 0 Å². The Kier molecular flexibility index (Phi) is 7.16. The Labute approximate surface area is 241 Å². The molecule has 0 saturated carbocycles. The molecule has 0 atom stereocenters. The summed E-state index contributed by atoms with van der Waals surface area (Å²) < 4.78 is 14.7. The van der Waals surface area contributed by atoms with E-state index in [1.165, 1.54) is 6.07 Å². The van der Waals surface area contributed by atoms with Crippen molar-refractivity contribution in [3.63, 3.8) is 0 Å². The number of hydrogen-bond donors (Lipinski definition) is 3. The number of aromatic amines is 2. The zero-order chi connectivity index (χ0) is 29.1. The van der Waals surface area contributed by atoms with Gasteiger partial charge in [0.2, 0.25) is 0 Å². The van der Waals surface area contributed by atoms with E-state index in [0.717, 1.165) is 44.2 Å². The lowest BCUT2D eigenvalue weighted by Gasteiger charge is -2.10. The first-order valence-corrected chi connectivity index (χ1v) is 13.4. The molecule has 6 aromatic rings. The fourth-order valence-electron chi connectivity index (χ4n) is 5.02. The number of nitrogens with one attached hydrogen (secondary N) is 3. The molecule has 204 valence electrons. The summed E-state index contributed by atoms with van der Waals surface area (Å²) in [4.78, 5) is 19.8. The second kappa shape index (κ2) is 11.4. The summed E-state index contributed by atoms with van der Waals surface area (Å²) >= 11 is 0. The van der Waals surface area contributed by atoms with Gasteiger partial charge in [0.05, 0.1) is 5.69 Å². The zero-order valence-corrected chi connectivity index (χ0v) is 22.8. The quantitative estimate of drug-likeness (QED) is 0.133. The van der Waals surface area contributed by atoms with Crippen molar-refractivity contribution in [3.05, 3.63) is 139 Å². The molecule has 0 unspecified atom stereocenters. The van der Waals surface area contributed by atoms with Crippen LogP contribution in [0, 0.1) is 5.82 Å². The first-order chi connectivity index (χ1) is 20.6. The normalized spacial score (nSPS) is 12.0. The van der Waals surface area contributed by atoms with Crippen molar-refractivity contribution in [2.45, 2.75) is 6.92 Å². The highest BCUT2D eigenvalue weighted by molar-refractivity contribution is 6.01. The van der Waals surface area contributed by atoms with E-state index in [0.29, 0.717) is 28.3 Å². The fraction of sp³-hybridized carbons (Fsp3) is 0.0286. The van der Waals surface area contributed by atoms with Crippen molar-refractivity contribution in [2.75, 3.05) is 0 Å². The molecule has 3 aromatic carbocycles. The van der Waals surface area contributed by atoms with E-state index in [9.17, 15) is 9.18 Å². The highest BCUT2D eigenvalue weighted by Gasteiger charge is 2.16. The number of pyridine rings is 1. The molecule has 0 bridgehead atoms. The van der Waals surface area contributed by atoms with E-state index >= 15 is 0 Å². The molecule has 3 N–H and O–H groups in total. The molecular weight excluding hydrogens is 525 g/mol. The van der Waals surface area contributed by atoms with Crippen LogP contribution < -0.4 is 5.32 Å². The Hall–Kier alpha value is -5.78. The maximum atomic E-state index is 14.7. The van der Waals surface area contributed by atoms with Gasteiger partial charge in [-0.3, -0.25) is 5.10 Å². The molecule has 0 radical (unpaired) electrons. The number of halogens is 1. The van der Waals surface area contributed by atoms with Crippen molar-refractivity contribution in [3.8, 4) is 22.5 Å². The third kappa shape index (κ3) is 4.96. The number of carbonyl (C=O) groups excluding carboxylic acids is 1. The molecule has 0 amide bonds. The minimum Gasteiger partial charge on any atom is -0.353 e. The van der Waals surface area contributed by atoms with Gasteiger partial charge in [0.1, 0.15) is 17.2 Å². The van der Waals surface area contributed by atoms with E-state index in [1.54, 1.807) is 24.4 Å². The topological polar surface area (TPSA) is 86.5 Å². The van der Waals surface area contributed by atoms with Crippen LogP contribution in [0.25, 0.3) is 55.7 Å². The zero-order valence-electron chi connectivity index (χ0n) is 22.8. The van der Waals surface area contributed by atoms with Crippen LogP contribution in [0.15, 0.2) is 122 Å². The van der Waals surface area contributed by atoms with Gasteiger partial charge < -0.3 is 10.3 Å². The van der Waals surface area contributed by atoms with Crippen LogP contribution in [-0.2, 0) is 4.79 Å². The molecule has 3 aromatic heterocycles. The maximum absolute atomic E-state index is 14.7. The lowest BCUT2D eigenvalue weighted by molar-refractivity contribution is 0.569. The van der Waals surface area contributed by atoms with E-state index in [4.69, 9.17) is 0 Å². The number of aromatic nitrogens is 4. The van der Waals surface area contributed by atoms with Gasteiger partial charge in [-0.15, -0.1) is 0 Å². The van der Waals surface area contributed by atoms with Crippen molar-refractivity contribution >= 4 is 39.1 Å². The summed E-state index contributed by atoms with van der Waals surface area (Å²) in [5.74, 6) is 1.72. The van der Waals surface area contributed by atoms with Gasteiger partial charge in [-0.25, -0.2) is 14.2 Å². The largest absolute Gasteiger partial charge is 0.353 e. The molecule has 0 spiro atoms. The molecule has 0 aliphatic carbocycles. The van der Waals surface area contributed by atoms with Crippen LogP contribution in [-0.4, -0.2) is 26.1 Å². The van der Waals surface area contributed by atoms with Crippen LogP contribution in [0.5, 0.6) is 0 Å². The van der Waals surface area contributed by atoms with Gasteiger partial charge in [-0.2, -0.15) is 5.10 Å². The average Bonchev–Trinajstić information content (AvgIpc) is 3.66. The Morgan fingerprint density at radius 3 is 2.50 bits per heavy atom. The average molecular weight is 552 g/mol. The molecule has 0 aliphatic heterocycles. The van der Waals surface area contributed by atoms with Gasteiger partial charge in [0.15, 0.2) is 11.6 Å². The molecule has 42 heavy (non-hydrogen) atoms. The van der Waals surface area contributed by atoms with Crippen LogP contribution in [0.2, 0.25) is 0 Å². The summed E-state index contributed by atoms with van der Waals surface area (Å²) in [6, 6.07) is 25.9. The fourth-order valence-corrected chi connectivity index (χ4v) is 5.02. The summed E-state index contributed by atoms with van der Waals surface area (Å²) in [6.45, 7) is 5.85. The number of allylic oxidation sites excluding steroid dienone is 4. The standard InChI is InChI=1S/C35H26FN5O/c1-3-22(17-25(4-2)38-33(21-42)23-11-6-5-7-12-23)24-18-29-34(40-41-35(29)37-20-24)32-19-28-26(14-10-16-31(28)39-32)27-13-8-9-15-30(27)36/h3-20,38-39H,2H2,1H3,(H,37,40,41)/b22-3+,25-17+. The molecule has 0 saturated heterocycles. The number of rotatable bonds is 8. The minimum absolute atomic E-state index is 0.272. The number of hydrogen-bond acceptors (Lipinski definition) is 4. The Balaban J connectivity index is 1.38. The second-order valence-corrected chi connectivity index (χ2v) is 9.64. The molecule has 7 heteroatoms. The second-order valence-electron chi connectivity index (χ2n) is 9.64. The third-order valence-electron chi connectivity index (χ3n) is 7.11. The summed E-state index contributed by atoms with van der Waals surface area (Å²) in [5, 5.41) is 12.4. The smallest absolute Gasteiger partial charge is 0.155 e. The van der Waals surface area contributed by atoms with Gasteiger partial charge in [0.25, 0.3) is 0 Å². The minimum atomic E-state index is -0.272. The van der Waals surface area contributed by atoms with Crippen molar-refractivity contribution in [1.82, 2.24) is 25.5 Å².